The van der Waals surface area contributed by atoms with Crippen LogP contribution in [-0.2, 0) is 6.42 Å². The van der Waals surface area contributed by atoms with E-state index in [9.17, 15) is 0 Å². The molecular weight excluding hydrogens is 206 g/mol. The van der Waals surface area contributed by atoms with Crippen LogP contribution < -0.4 is 4.90 Å². The lowest BCUT2D eigenvalue weighted by atomic mass is 10.1. The molecule has 0 bridgehead atoms. The van der Waals surface area contributed by atoms with Crippen molar-refractivity contribution in [1.82, 2.24) is 0 Å². The first-order valence-electron chi connectivity index (χ1n) is 6.58. The van der Waals surface area contributed by atoms with Crippen LogP contribution in [-0.4, -0.2) is 6.54 Å². The van der Waals surface area contributed by atoms with Crippen LogP contribution in [0.15, 0.2) is 48.2 Å². The highest BCUT2D eigenvalue weighted by Crippen LogP contribution is 2.27. The highest BCUT2D eigenvalue weighted by atomic mass is 15.1. The minimum absolute atomic E-state index is 1.04. The first kappa shape index (κ1) is 12.0. The van der Waals surface area contributed by atoms with Crippen molar-refractivity contribution in [3.63, 3.8) is 0 Å². The van der Waals surface area contributed by atoms with Gasteiger partial charge in [0.15, 0.2) is 0 Å². The largest absolute Gasteiger partial charge is 0.345 e. The molecule has 17 heavy (non-hydrogen) atoms. The average Bonchev–Trinajstić information content (AvgIpc) is 2.41. The Morgan fingerprint density at radius 3 is 2.65 bits per heavy atom. The van der Waals surface area contributed by atoms with Crippen molar-refractivity contribution in [3.05, 3.63) is 53.8 Å². The molecule has 0 saturated heterocycles. The van der Waals surface area contributed by atoms with E-state index in [1.165, 1.54) is 16.9 Å². The minimum Gasteiger partial charge on any atom is -0.345 e. The maximum atomic E-state index is 2.45. The zero-order valence-electron chi connectivity index (χ0n) is 10.8. The Morgan fingerprint density at radius 2 is 2.00 bits per heavy atom. The zero-order valence-corrected chi connectivity index (χ0v) is 10.8. The van der Waals surface area contributed by atoms with Crippen molar-refractivity contribution in [2.75, 3.05) is 11.4 Å². The summed E-state index contributed by atoms with van der Waals surface area (Å²) in [6.45, 7) is 5.49. The molecule has 1 aromatic rings. The number of allylic oxidation sites excluding steroid dienone is 4. The number of hydrogen-bond acceptors (Lipinski definition) is 1. The molecule has 0 heterocycles. The quantitative estimate of drug-likeness (QED) is 0.741. The van der Waals surface area contributed by atoms with Crippen molar-refractivity contribution in [2.45, 2.75) is 33.1 Å². The van der Waals surface area contributed by atoms with E-state index in [-0.39, 0.29) is 0 Å². The summed E-state index contributed by atoms with van der Waals surface area (Å²) >= 11 is 0. The maximum Gasteiger partial charge on any atom is 0.0440 e. The van der Waals surface area contributed by atoms with E-state index in [1.54, 1.807) is 0 Å². The summed E-state index contributed by atoms with van der Waals surface area (Å²) in [4.78, 5) is 2.45. The maximum absolute atomic E-state index is 2.45. The number of benzene rings is 1. The van der Waals surface area contributed by atoms with Gasteiger partial charge in [-0.2, -0.15) is 0 Å². The number of hydrogen-bond donors (Lipinski definition) is 0. The van der Waals surface area contributed by atoms with Gasteiger partial charge in [-0.15, -0.1) is 0 Å². The summed E-state index contributed by atoms with van der Waals surface area (Å²) in [5.41, 5.74) is 4.25. The lowest BCUT2D eigenvalue weighted by molar-refractivity contribution is 0.841. The Hall–Kier alpha value is -1.50. The predicted octanol–water partition coefficient (Wildman–Crippen LogP) is 4.31. The van der Waals surface area contributed by atoms with Gasteiger partial charge >= 0.3 is 0 Å². The van der Waals surface area contributed by atoms with E-state index in [1.807, 2.05) is 0 Å². The fourth-order valence-corrected chi connectivity index (χ4v) is 2.42. The molecule has 1 nitrogen and oxygen atoms in total. The normalized spacial score (nSPS) is 14.6. The lowest BCUT2D eigenvalue weighted by Crippen LogP contribution is -2.23. The van der Waals surface area contributed by atoms with Gasteiger partial charge in [-0.3, -0.25) is 0 Å². The van der Waals surface area contributed by atoms with E-state index >= 15 is 0 Å². The predicted molar refractivity (Wildman–Crippen MR) is 75.3 cm³/mol. The molecule has 1 aliphatic rings. The molecule has 0 amide bonds. The first-order valence-corrected chi connectivity index (χ1v) is 6.58. The van der Waals surface area contributed by atoms with Crippen molar-refractivity contribution in [3.8, 4) is 0 Å². The summed E-state index contributed by atoms with van der Waals surface area (Å²) < 4.78 is 0. The Balaban J connectivity index is 2.34. The molecule has 2 rings (SSSR count). The number of nitrogens with zero attached hydrogens (tertiary/aromatic N) is 1. The molecule has 0 atom stereocenters. The standard InChI is InChI=1S/C16H21N/c1-3-14-10-8-9-13-16(14)17(4-2)15-11-6-5-7-12-15/h5-6,8-11,13H,3-4,7,12H2,1-2H3. The average molecular weight is 227 g/mol. The molecule has 0 unspecified atom stereocenters. The molecule has 1 heteroatoms. The highest BCUT2D eigenvalue weighted by molar-refractivity contribution is 5.58. The van der Waals surface area contributed by atoms with Gasteiger partial charge in [0.25, 0.3) is 0 Å². The number of aryl methyl sites for hydroxylation is 1. The Morgan fingerprint density at radius 1 is 1.18 bits per heavy atom. The molecule has 0 fully saturated rings. The lowest BCUT2D eigenvalue weighted by Gasteiger charge is -2.29. The van der Waals surface area contributed by atoms with Crippen LogP contribution in [0.4, 0.5) is 5.69 Å². The van der Waals surface area contributed by atoms with Crippen LogP contribution in [0.25, 0.3) is 0 Å². The Kier molecular flexibility index (Phi) is 4.03. The van der Waals surface area contributed by atoms with E-state index in [2.05, 4.69) is 61.2 Å². The number of anilines is 1. The highest BCUT2D eigenvalue weighted by Gasteiger charge is 2.13. The summed E-state index contributed by atoms with van der Waals surface area (Å²) in [7, 11) is 0. The van der Waals surface area contributed by atoms with Gasteiger partial charge in [-0.05, 0) is 43.9 Å². The topological polar surface area (TPSA) is 3.24 Å². The second kappa shape index (κ2) is 5.72. The molecule has 1 aliphatic carbocycles. The smallest absolute Gasteiger partial charge is 0.0440 e. The second-order valence-electron chi connectivity index (χ2n) is 4.35. The number of para-hydroxylation sites is 1. The summed E-state index contributed by atoms with van der Waals surface area (Å²) in [6.07, 6.45) is 10.1. The van der Waals surface area contributed by atoms with Crippen LogP contribution in [0.3, 0.4) is 0 Å². The first-order chi connectivity index (χ1) is 8.36. The molecule has 0 radical (unpaired) electrons. The third kappa shape index (κ3) is 2.60. The monoisotopic (exact) mass is 227 g/mol. The van der Waals surface area contributed by atoms with Gasteiger partial charge < -0.3 is 4.90 Å². The molecule has 0 N–H and O–H groups in total. The molecule has 0 aromatic heterocycles. The summed E-state index contributed by atoms with van der Waals surface area (Å²) in [6, 6.07) is 8.74. The third-order valence-electron chi connectivity index (χ3n) is 3.32. The third-order valence-corrected chi connectivity index (χ3v) is 3.32. The molecular formula is C16H21N. The van der Waals surface area contributed by atoms with Gasteiger partial charge in [0, 0.05) is 17.9 Å². The molecule has 0 aliphatic heterocycles. The zero-order chi connectivity index (χ0) is 12.1. The van der Waals surface area contributed by atoms with E-state index in [0.717, 1.165) is 25.8 Å². The fraction of sp³-hybridized carbons (Fsp3) is 0.375. The molecule has 0 spiro atoms. The van der Waals surface area contributed by atoms with Crippen LogP contribution in [0.5, 0.6) is 0 Å². The van der Waals surface area contributed by atoms with Gasteiger partial charge in [0.1, 0.15) is 0 Å². The van der Waals surface area contributed by atoms with Crippen molar-refractivity contribution in [2.24, 2.45) is 0 Å². The second-order valence-corrected chi connectivity index (χ2v) is 4.35. The van der Waals surface area contributed by atoms with Crippen molar-refractivity contribution >= 4 is 5.69 Å². The minimum atomic E-state index is 1.04. The summed E-state index contributed by atoms with van der Waals surface area (Å²) in [5, 5.41) is 0. The molecule has 0 saturated carbocycles. The van der Waals surface area contributed by atoms with Gasteiger partial charge in [0.05, 0.1) is 0 Å². The fourth-order valence-electron chi connectivity index (χ4n) is 2.42. The van der Waals surface area contributed by atoms with Crippen LogP contribution >= 0.6 is 0 Å². The Labute approximate surface area is 104 Å². The SMILES string of the molecule is CCc1ccccc1N(CC)C1=CC=CCC1. The number of rotatable bonds is 4. The van der Waals surface area contributed by atoms with Crippen molar-refractivity contribution in [1.29, 1.82) is 0 Å². The Bertz CT molecular complexity index is 429. The van der Waals surface area contributed by atoms with Crippen LogP contribution in [0.2, 0.25) is 0 Å². The van der Waals surface area contributed by atoms with Crippen LogP contribution in [0, 0.1) is 0 Å². The van der Waals surface area contributed by atoms with Gasteiger partial charge in [-0.25, -0.2) is 0 Å². The van der Waals surface area contributed by atoms with Gasteiger partial charge in [0.2, 0.25) is 0 Å². The van der Waals surface area contributed by atoms with E-state index in [0.29, 0.717) is 0 Å². The van der Waals surface area contributed by atoms with E-state index in [4.69, 9.17) is 0 Å². The van der Waals surface area contributed by atoms with Gasteiger partial charge in [-0.1, -0.05) is 37.3 Å². The summed E-state index contributed by atoms with van der Waals surface area (Å²) in [5.74, 6) is 0. The molecule has 90 valence electrons. The van der Waals surface area contributed by atoms with Crippen LogP contribution in [0.1, 0.15) is 32.3 Å². The van der Waals surface area contributed by atoms with E-state index < -0.39 is 0 Å². The molecule has 1 aromatic carbocycles. The van der Waals surface area contributed by atoms with Crippen molar-refractivity contribution < 1.29 is 0 Å².